The van der Waals surface area contributed by atoms with Crippen LogP contribution in [0.5, 0.6) is 5.75 Å². The molecular formula is C16H24ClNO2. The minimum absolute atomic E-state index is 0.0386. The number of ether oxygens (including phenoxy) is 2. The van der Waals surface area contributed by atoms with Gasteiger partial charge in [0.15, 0.2) is 0 Å². The highest BCUT2D eigenvalue weighted by Gasteiger charge is 2.32. The molecule has 0 bridgehead atoms. The molecule has 1 aliphatic rings. The molecule has 1 aromatic carbocycles. The number of benzene rings is 1. The minimum atomic E-state index is -0.0386. The molecule has 1 fully saturated rings. The van der Waals surface area contributed by atoms with E-state index in [2.05, 4.69) is 13.8 Å². The maximum Gasteiger partial charge on any atom is 0.141 e. The van der Waals surface area contributed by atoms with Crippen LogP contribution in [-0.4, -0.2) is 24.4 Å². The maximum atomic E-state index is 6.25. The van der Waals surface area contributed by atoms with Gasteiger partial charge in [-0.05, 0) is 51.7 Å². The van der Waals surface area contributed by atoms with Gasteiger partial charge in [0.25, 0.3) is 0 Å². The first-order valence-electron chi connectivity index (χ1n) is 7.21. The lowest BCUT2D eigenvalue weighted by atomic mass is 10.1. The highest BCUT2D eigenvalue weighted by Crippen LogP contribution is 2.33. The van der Waals surface area contributed by atoms with E-state index in [-0.39, 0.29) is 17.7 Å². The van der Waals surface area contributed by atoms with Crippen molar-refractivity contribution in [3.05, 3.63) is 28.8 Å². The highest BCUT2D eigenvalue weighted by molar-refractivity contribution is 6.32. The molecule has 2 rings (SSSR count). The number of hydrogen-bond acceptors (Lipinski definition) is 3. The van der Waals surface area contributed by atoms with Crippen LogP contribution in [0.4, 0.5) is 0 Å². The summed E-state index contributed by atoms with van der Waals surface area (Å²) in [5, 5.41) is 0.639. The van der Waals surface area contributed by atoms with Crippen LogP contribution in [0.25, 0.3) is 0 Å². The Hall–Kier alpha value is -0.770. The molecule has 0 amide bonds. The third-order valence-corrected chi connectivity index (χ3v) is 3.86. The summed E-state index contributed by atoms with van der Waals surface area (Å²) < 4.78 is 11.9. The summed E-state index contributed by atoms with van der Waals surface area (Å²) in [4.78, 5) is 0. The average molecular weight is 298 g/mol. The average Bonchev–Trinajstić information content (AvgIpc) is 2.67. The van der Waals surface area contributed by atoms with Crippen molar-refractivity contribution in [1.82, 2.24) is 0 Å². The third kappa shape index (κ3) is 4.11. The summed E-state index contributed by atoms with van der Waals surface area (Å²) in [6, 6.07) is 5.88. The topological polar surface area (TPSA) is 44.5 Å². The van der Waals surface area contributed by atoms with Crippen molar-refractivity contribution >= 4 is 11.6 Å². The van der Waals surface area contributed by atoms with E-state index in [4.69, 9.17) is 26.8 Å². The molecule has 0 aromatic heterocycles. The van der Waals surface area contributed by atoms with Crippen LogP contribution in [0.2, 0.25) is 5.02 Å². The van der Waals surface area contributed by atoms with Gasteiger partial charge in [-0.15, -0.1) is 0 Å². The zero-order valence-corrected chi connectivity index (χ0v) is 13.2. The summed E-state index contributed by atoms with van der Waals surface area (Å²) >= 11 is 6.25. The predicted molar refractivity (Wildman–Crippen MR) is 82.5 cm³/mol. The van der Waals surface area contributed by atoms with Gasteiger partial charge >= 0.3 is 0 Å². The van der Waals surface area contributed by atoms with Crippen molar-refractivity contribution in [2.24, 2.45) is 5.73 Å². The Balaban J connectivity index is 2.02. The van der Waals surface area contributed by atoms with Gasteiger partial charge in [-0.3, -0.25) is 0 Å². The molecule has 112 valence electrons. The second-order valence-electron chi connectivity index (χ2n) is 6.26. The molecule has 1 aliphatic heterocycles. The number of nitrogens with two attached hydrogens (primary N) is 1. The van der Waals surface area contributed by atoms with E-state index in [9.17, 15) is 0 Å². The lowest BCUT2D eigenvalue weighted by Gasteiger charge is -2.20. The Kier molecular flexibility index (Phi) is 4.95. The first kappa shape index (κ1) is 15.6. The zero-order chi connectivity index (χ0) is 14.8. The van der Waals surface area contributed by atoms with Crippen LogP contribution >= 0.6 is 11.6 Å². The predicted octanol–water partition coefficient (Wildman–Crippen LogP) is 3.57. The van der Waals surface area contributed by atoms with E-state index in [0.717, 1.165) is 30.6 Å². The smallest absolute Gasteiger partial charge is 0.141 e. The molecule has 4 heteroatoms. The Bertz CT molecular complexity index is 460. The van der Waals surface area contributed by atoms with Gasteiger partial charge in [0.05, 0.1) is 16.7 Å². The van der Waals surface area contributed by atoms with Gasteiger partial charge in [0, 0.05) is 6.04 Å². The normalized spacial score (nSPS) is 22.8. The fourth-order valence-electron chi connectivity index (χ4n) is 2.59. The van der Waals surface area contributed by atoms with Crippen molar-refractivity contribution in [2.45, 2.75) is 57.8 Å². The molecule has 2 atom stereocenters. The molecule has 1 aromatic rings. The van der Waals surface area contributed by atoms with Crippen molar-refractivity contribution in [1.29, 1.82) is 0 Å². The van der Waals surface area contributed by atoms with E-state index in [1.54, 1.807) is 0 Å². The largest absolute Gasteiger partial charge is 0.489 e. The van der Waals surface area contributed by atoms with E-state index in [1.807, 2.05) is 25.1 Å². The van der Waals surface area contributed by atoms with Gasteiger partial charge in [-0.1, -0.05) is 23.7 Å². The lowest BCUT2D eigenvalue weighted by molar-refractivity contribution is -0.0327. The summed E-state index contributed by atoms with van der Waals surface area (Å²) in [6.07, 6.45) is 2.99. The van der Waals surface area contributed by atoms with Crippen molar-refractivity contribution in [3.8, 4) is 5.75 Å². The summed E-state index contributed by atoms with van der Waals surface area (Å²) in [6.45, 7) is 6.75. The molecule has 0 saturated carbocycles. The van der Waals surface area contributed by atoms with E-state index in [0.29, 0.717) is 11.6 Å². The Morgan fingerprint density at radius 1 is 1.50 bits per heavy atom. The van der Waals surface area contributed by atoms with Crippen molar-refractivity contribution < 1.29 is 9.47 Å². The number of rotatable bonds is 5. The zero-order valence-electron chi connectivity index (χ0n) is 12.5. The first-order valence-corrected chi connectivity index (χ1v) is 7.59. The quantitative estimate of drug-likeness (QED) is 0.903. The van der Waals surface area contributed by atoms with Crippen molar-refractivity contribution in [2.75, 3.05) is 6.61 Å². The standard InChI is InChI=1S/C16H24ClNO2/c1-11(18)9-12-5-4-6-14(17)15(12)19-10-13-7-8-16(2,3)20-13/h4-6,11,13H,7-10,18H2,1-3H3. The van der Waals surface area contributed by atoms with Gasteiger partial charge < -0.3 is 15.2 Å². The molecule has 1 heterocycles. The van der Waals surface area contributed by atoms with Crippen LogP contribution in [0, 0.1) is 0 Å². The van der Waals surface area contributed by atoms with Crippen LogP contribution in [0.1, 0.15) is 39.2 Å². The summed E-state index contributed by atoms with van der Waals surface area (Å²) in [5.41, 5.74) is 6.90. The molecule has 0 spiro atoms. The number of para-hydroxylation sites is 1. The molecular weight excluding hydrogens is 274 g/mol. The summed E-state index contributed by atoms with van der Waals surface area (Å²) in [5.74, 6) is 0.750. The monoisotopic (exact) mass is 297 g/mol. The van der Waals surface area contributed by atoms with Crippen LogP contribution in [0.3, 0.4) is 0 Å². The SMILES string of the molecule is CC(N)Cc1cccc(Cl)c1OCC1CCC(C)(C)O1. The second kappa shape index (κ2) is 6.33. The number of hydrogen-bond donors (Lipinski definition) is 1. The third-order valence-electron chi connectivity index (χ3n) is 3.56. The maximum absolute atomic E-state index is 6.25. The Morgan fingerprint density at radius 3 is 2.85 bits per heavy atom. The second-order valence-corrected chi connectivity index (χ2v) is 6.67. The van der Waals surface area contributed by atoms with Crippen LogP contribution < -0.4 is 10.5 Å². The number of halogens is 1. The van der Waals surface area contributed by atoms with Gasteiger partial charge in [-0.2, -0.15) is 0 Å². The fraction of sp³-hybridized carbons (Fsp3) is 0.625. The molecule has 0 radical (unpaired) electrons. The van der Waals surface area contributed by atoms with Crippen LogP contribution in [-0.2, 0) is 11.2 Å². The lowest BCUT2D eigenvalue weighted by Crippen LogP contribution is -2.24. The first-order chi connectivity index (χ1) is 9.37. The van der Waals surface area contributed by atoms with Crippen molar-refractivity contribution in [3.63, 3.8) is 0 Å². The Labute approximate surface area is 126 Å². The fourth-order valence-corrected chi connectivity index (χ4v) is 2.84. The minimum Gasteiger partial charge on any atom is -0.489 e. The molecule has 3 nitrogen and oxygen atoms in total. The van der Waals surface area contributed by atoms with Gasteiger partial charge in [0.2, 0.25) is 0 Å². The van der Waals surface area contributed by atoms with Gasteiger partial charge in [0.1, 0.15) is 12.4 Å². The molecule has 20 heavy (non-hydrogen) atoms. The highest BCUT2D eigenvalue weighted by atomic mass is 35.5. The molecule has 2 N–H and O–H groups in total. The van der Waals surface area contributed by atoms with E-state index < -0.39 is 0 Å². The van der Waals surface area contributed by atoms with Crippen LogP contribution in [0.15, 0.2) is 18.2 Å². The molecule has 1 saturated heterocycles. The molecule has 0 aliphatic carbocycles. The Morgan fingerprint density at radius 2 is 2.25 bits per heavy atom. The van der Waals surface area contributed by atoms with E-state index >= 15 is 0 Å². The molecule has 2 unspecified atom stereocenters. The van der Waals surface area contributed by atoms with E-state index in [1.165, 1.54) is 0 Å². The van der Waals surface area contributed by atoms with Gasteiger partial charge in [-0.25, -0.2) is 0 Å². The summed E-state index contributed by atoms with van der Waals surface area (Å²) in [7, 11) is 0.